The third-order valence-corrected chi connectivity index (χ3v) is 10.6. The van der Waals surface area contributed by atoms with Crippen molar-refractivity contribution in [3.8, 4) is 5.75 Å². The van der Waals surface area contributed by atoms with Crippen molar-refractivity contribution >= 4 is 35.2 Å². The molecule has 3 N–H and O–H groups in total. The summed E-state index contributed by atoms with van der Waals surface area (Å²) in [6, 6.07) is 16.4. The second-order valence-electron chi connectivity index (χ2n) is 11.2. The largest absolute Gasteiger partial charge is 0.494 e. The highest BCUT2D eigenvalue weighted by Crippen LogP contribution is 2.71. The fourth-order valence-electron chi connectivity index (χ4n) is 6.84. The number of aliphatic hydroxyl groups is 1. The number of carbonyl (C=O) groups excluding carboxylic acids is 3. The van der Waals surface area contributed by atoms with Crippen LogP contribution in [0.25, 0.3) is 0 Å². The summed E-state index contributed by atoms with van der Waals surface area (Å²) in [5, 5.41) is 15.4. The first-order valence-electron chi connectivity index (χ1n) is 14.3. The van der Waals surface area contributed by atoms with Crippen molar-refractivity contribution in [1.29, 1.82) is 0 Å². The van der Waals surface area contributed by atoms with Crippen LogP contribution in [0.5, 0.6) is 5.75 Å². The number of nitrogens with one attached hydrogen (secondary N) is 2. The van der Waals surface area contributed by atoms with Crippen LogP contribution in [0.1, 0.15) is 51.5 Å². The normalized spacial score (nSPS) is 28.4. The van der Waals surface area contributed by atoms with Crippen LogP contribution in [0.4, 0.5) is 5.69 Å². The third-order valence-electron chi connectivity index (χ3n) is 8.61. The Labute approximate surface area is 240 Å². The van der Waals surface area contributed by atoms with Crippen LogP contribution >= 0.6 is 11.8 Å². The molecule has 3 saturated heterocycles. The molecule has 2 unspecified atom stereocenters. The van der Waals surface area contributed by atoms with Gasteiger partial charge in [0.05, 0.1) is 23.2 Å². The van der Waals surface area contributed by atoms with E-state index in [4.69, 9.17) is 4.74 Å². The lowest BCUT2D eigenvalue weighted by molar-refractivity contribution is -0.139. The van der Waals surface area contributed by atoms with Gasteiger partial charge in [0.25, 0.3) is 0 Å². The average molecular weight is 566 g/mol. The highest BCUT2D eigenvalue weighted by atomic mass is 32.2. The molecule has 9 heteroatoms. The SMILES string of the molecule is CCOc1ccc(NC(=O)[C@H]2[C@H]3C(=O)N(CCCCCO)C(C(=O)NCc4ccccc4)C34CC[C@]2(C)S4)cc1. The van der Waals surface area contributed by atoms with Crippen molar-refractivity contribution in [2.45, 2.75) is 68.0 Å². The number of nitrogens with zero attached hydrogens (tertiary/aromatic N) is 1. The number of thioether (sulfide) groups is 1. The van der Waals surface area contributed by atoms with Crippen LogP contribution in [-0.2, 0) is 20.9 Å². The van der Waals surface area contributed by atoms with Crippen molar-refractivity contribution in [3.05, 3.63) is 60.2 Å². The second kappa shape index (κ2) is 11.8. The summed E-state index contributed by atoms with van der Waals surface area (Å²) in [5.41, 5.74) is 1.65. The molecule has 214 valence electrons. The van der Waals surface area contributed by atoms with Crippen molar-refractivity contribution in [2.24, 2.45) is 11.8 Å². The number of hydrogen-bond donors (Lipinski definition) is 3. The van der Waals surface area contributed by atoms with Crippen molar-refractivity contribution in [3.63, 3.8) is 0 Å². The molecule has 1 spiro atoms. The van der Waals surface area contributed by atoms with Gasteiger partial charge in [0.1, 0.15) is 11.8 Å². The summed E-state index contributed by atoms with van der Waals surface area (Å²) in [7, 11) is 0. The quantitative estimate of drug-likeness (QED) is 0.336. The Hall–Kier alpha value is -3.04. The smallest absolute Gasteiger partial charge is 0.244 e. The highest BCUT2D eigenvalue weighted by molar-refractivity contribution is 8.02. The van der Waals surface area contributed by atoms with Gasteiger partial charge in [-0.2, -0.15) is 0 Å². The summed E-state index contributed by atoms with van der Waals surface area (Å²) >= 11 is 1.67. The maximum atomic E-state index is 14.1. The average Bonchev–Trinajstić information content (AvgIpc) is 3.52. The van der Waals surface area contributed by atoms with E-state index in [0.29, 0.717) is 44.6 Å². The van der Waals surface area contributed by atoms with E-state index in [1.807, 2.05) is 61.5 Å². The number of carbonyl (C=O) groups is 3. The van der Waals surface area contributed by atoms with Gasteiger partial charge in [-0.3, -0.25) is 14.4 Å². The molecule has 3 aliphatic heterocycles. The van der Waals surface area contributed by atoms with Gasteiger partial charge in [0, 0.05) is 30.1 Å². The Bertz CT molecular complexity index is 1230. The molecule has 2 aromatic rings. The zero-order valence-corrected chi connectivity index (χ0v) is 24.0. The molecule has 8 nitrogen and oxygen atoms in total. The highest BCUT2D eigenvalue weighted by Gasteiger charge is 2.77. The molecule has 0 radical (unpaired) electrons. The zero-order valence-electron chi connectivity index (χ0n) is 23.2. The molecular weight excluding hydrogens is 526 g/mol. The lowest BCUT2D eigenvalue weighted by Gasteiger charge is -2.35. The molecule has 5 rings (SSSR count). The lowest BCUT2D eigenvalue weighted by atomic mass is 9.66. The molecule has 0 aromatic heterocycles. The molecule has 0 saturated carbocycles. The summed E-state index contributed by atoms with van der Waals surface area (Å²) in [4.78, 5) is 43.6. The minimum absolute atomic E-state index is 0.101. The number of unbranched alkanes of at least 4 members (excludes halogenated alkanes) is 2. The predicted molar refractivity (Wildman–Crippen MR) is 156 cm³/mol. The lowest BCUT2D eigenvalue weighted by Crippen LogP contribution is -2.53. The molecule has 5 atom stereocenters. The molecule has 3 fully saturated rings. The standard InChI is InChI=1S/C31H39N3O5S/c1-3-39-23-14-12-22(13-15-23)33-27(36)24-25-29(38)34(18-8-5-9-19-35)26(31(25)17-16-30(24,2)40-31)28(37)32-20-21-10-6-4-7-11-21/h4,6-7,10-15,24-26,35H,3,5,8-9,16-20H2,1-2H3,(H,32,37)(H,33,36)/t24-,25+,26?,30+,31?/m1/s1. The van der Waals surface area contributed by atoms with Gasteiger partial charge in [-0.1, -0.05) is 30.3 Å². The first-order chi connectivity index (χ1) is 19.3. The van der Waals surface area contributed by atoms with Gasteiger partial charge < -0.3 is 25.4 Å². The van der Waals surface area contributed by atoms with Gasteiger partial charge in [0.2, 0.25) is 17.7 Å². The topological polar surface area (TPSA) is 108 Å². The van der Waals surface area contributed by atoms with Gasteiger partial charge in [0.15, 0.2) is 0 Å². The number of hydrogen-bond acceptors (Lipinski definition) is 6. The summed E-state index contributed by atoms with van der Waals surface area (Å²) in [5.74, 6) is -0.821. The molecule has 40 heavy (non-hydrogen) atoms. The van der Waals surface area contributed by atoms with Crippen LogP contribution < -0.4 is 15.4 Å². The third kappa shape index (κ3) is 5.21. The van der Waals surface area contributed by atoms with E-state index in [9.17, 15) is 19.5 Å². The molecule has 2 aromatic carbocycles. The Morgan fingerprint density at radius 3 is 2.50 bits per heavy atom. The first-order valence-corrected chi connectivity index (χ1v) is 15.1. The second-order valence-corrected chi connectivity index (χ2v) is 13.1. The Morgan fingerprint density at radius 2 is 1.80 bits per heavy atom. The van der Waals surface area contributed by atoms with Crippen molar-refractivity contribution in [1.82, 2.24) is 10.2 Å². The molecule has 3 amide bonds. The van der Waals surface area contributed by atoms with Crippen molar-refractivity contribution in [2.75, 3.05) is 25.1 Å². The fourth-order valence-corrected chi connectivity index (χ4v) is 9.20. The van der Waals surface area contributed by atoms with Crippen LogP contribution in [-0.4, -0.2) is 63.0 Å². The minimum atomic E-state index is -0.648. The number of rotatable bonds is 12. The van der Waals surface area contributed by atoms with Crippen LogP contribution in [0.3, 0.4) is 0 Å². The van der Waals surface area contributed by atoms with Gasteiger partial charge >= 0.3 is 0 Å². The van der Waals surface area contributed by atoms with Gasteiger partial charge in [-0.15, -0.1) is 11.8 Å². The van der Waals surface area contributed by atoms with E-state index < -0.39 is 27.4 Å². The Balaban J connectivity index is 1.40. The number of likely N-dealkylation sites (tertiary alicyclic amines) is 1. The van der Waals surface area contributed by atoms with Crippen molar-refractivity contribution < 1.29 is 24.2 Å². The van der Waals surface area contributed by atoms with E-state index in [0.717, 1.165) is 24.2 Å². The number of fused-ring (bicyclic) bond motifs is 1. The van der Waals surface area contributed by atoms with E-state index in [1.54, 1.807) is 16.7 Å². The van der Waals surface area contributed by atoms with Crippen LogP contribution in [0.15, 0.2) is 54.6 Å². The van der Waals surface area contributed by atoms with E-state index in [-0.39, 0.29) is 24.3 Å². The van der Waals surface area contributed by atoms with Gasteiger partial charge in [-0.05, 0) is 75.8 Å². The number of benzene rings is 2. The Morgan fingerprint density at radius 1 is 1.05 bits per heavy atom. The molecule has 2 bridgehead atoms. The maximum Gasteiger partial charge on any atom is 0.244 e. The maximum absolute atomic E-state index is 14.1. The summed E-state index contributed by atoms with van der Waals surface area (Å²) < 4.78 is 4.43. The van der Waals surface area contributed by atoms with Crippen LogP contribution in [0.2, 0.25) is 0 Å². The number of aliphatic hydroxyl groups excluding tert-OH is 1. The predicted octanol–water partition coefficient (Wildman–Crippen LogP) is 3.98. The fraction of sp³-hybridized carbons (Fsp3) is 0.516. The van der Waals surface area contributed by atoms with E-state index in [1.165, 1.54) is 0 Å². The van der Waals surface area contributed by atoms with E-state index >= 15 is 0 Å². The Kier molecular flexibility index (Phi) is 8.42. The summed E-state index contributed by atoms with van der Waals surface area (Å²) in [6.07, 6.45) is 3.60. The first kappa shape index (κ1) is 28.5. The number of anilines is 1. The number of amides is 3. The van der Waals surface area contributed by atoms with Crippen LogP contribution in [0, 0.1) is 11.8 Å². The molecule has 3 aliphatic rings. The molecule has 3 heterocycles. The summed E-state index contributed by atoms with van der Waals surface area (Å²) in [6.45, 7) is 5.47. The van der Waals surface area contributed by atoms with Gasteiger partial charge in [-0.25, -0.2) is 0 Å². The minimum Gasteiger partial charge on any atom is -0.494 e. The monoisotopic (exact) mass is 565 g/mol. The zero-order chi connectivity index (χ0) is 28.3. The molecular formula is C31H39N3O5S. The van der Waals surface area contributed by atoms with E-state index in [2.05, 4.69) is 17.6 Å². The molecule has 0 aliphatic carbocycles. The number of ether oxygens (including phenoxy) is 1.